The number of thiol groups is 1. The van der Waals surface area contributed by atoms with E-state index in [2.05, 4.69) is 49.7 Å². The highest BCUT2D eigenvalue weighted by molar-refractivity contribution is 8.94. The Bertz CT molecular complexity index is 153. The first kappa shape index (κ1) is 17.7. The van der Waals surface area contributed by atoms with Crippen LogP contribution in [0.1, 0.15) is 27.7 Å². The molecule has 0 amide bonds. The molecule has 0 bridgehead atoms. The van der Waals surface area contributed by atoms with Gasteiger partial charge in [0.05, 0.1) is 0 Å². The summed E-state index contributed by atoms with van der Waals surface area (Å²) >= 11 is 9.69. The lowest BCUT2D eigenvalue weighted by Gasteiger charge is -2.13. The van der Waals surface area contributed by atoms with E-state index in [-0.39, 0.29) is 0 Å². The number of hydrogen-bond acceptors (Lipinski definition) is 3. The molecule has 0 aliphatic rings. The summed E-state index contributed by atoms with van der Waals surface area (Å²) in [6.45, 7) is 12.1. The van der Waals surface area contributed by atoms with Crippen molar-refractivity contribution in [1.82, 2.24) is 4.90 Å². The number of hydrogen-bond donors (Lipinski definition) is 2. The summed E-state index contributed by atoms with van der Waals surface area (Å²) in [5, 5.41) is 0. The van der Waals surface area contributed by atoms with E-state index >= 15 is 0 Å². The van der Waals surface area contributed by atoms with Gasteiger partial charge in [-0.25, -0.2) is 0 Å². The zero-order chi connectivity index (χ0) is 11.6. The first-order valence-corrected chi connectivity index (χ1v) is 10.3. The Morgan fingerprint density at radius 2 is 1.57 bits per heavy atom. The minimum Gasteiger partial charge on any atom is -0.350 e. The lowest BCUT2D eigenvalue weighted by Crippen LogP contribution is -2.21. The molecule has 0 aliphatic carbocycles. The van der Waals surface area contributed by atoms with Crippen molar-refractivity contribution in [3.8, 4) is 0 Å². The molecule has 2 nitrogen and oxygen atoms in total. The minimum atomic E-state index is -2.22. The fourth-order valence-corrected chi connectivity index (χ4v) is 4.17. The van der Waals surface area contributed by atoms with Crippen molar-refractivity contribution in [1.29, 1.82) is 0 Å². The van der Waals surface area contributed by atoms with Crippen molar-refractivity contribution in [2.45, 2.75) is 27.7 Å². The fourth-order valence-electron chi connectivity index (χ4n) is 0.839. The molecule has 14 heavy (non-hydrogen) atoms. The van der Waals surface area contributed by atoms with E-state index in [1.165, 1.54) is 31.0 Å². The van der Waals surface area contributed by atoms with Crippen molar-refractivity contribution in [2.24, 2.45) is 0 Å². The molecular weight excluding hydrogens is 253 g/mol. The average Bonchev–Trinajstić information content (AvgIpc) is 2.06. The third-order valence-electron chi connectivity index (χ3n) is 1.64. The Morgan fingerprint density at radius 1 is 1.21 bits per heavy atom. The maximum atomic E-state index is 8.77. The van der Waals surface area contributed by atoms with Gasteiger partial charge >= 0.3 is 0 Å². The predicted molar refractivity (Wildman–Crippen MR) is 77.1 cm³/mol. The van der Waals surface area contributed by atoms with E-state index in [0.717, 1.165) is 5.75 Å². The first-order chi connectivity index (χ1) is 6.41. The molecule has 0 fully saturated rings. The topological polar surface area (TPSA) is 23.5 Å². The van der Waals surface area contributed by atoms with Gasteiger partial charge in [-0.1, -0.05) is 39.1 Å². The molecule has 0 aromatic heterocycles. The normalized spacial score (nSPS) is 14.5. The van der Waals surface area contributed by atoms with Crippen LogP contribution in [0.4, 0.5) is 0 Å². The van der Waals surface area contributed by atoms with Crippen molar-refractivity contribution < 1.29 is 4.89 Å². The van der Waals surface area contributed by atoms with E-state index in [0.29, 0.717) is 0 Å². The summed E-state index contributed by atoms with van der Waals surface area (Å²) in [6, 6.07) is 0. The van der Waals surface area contributed by atoms with Crippen LogP contribution in [-0.4, -0.2) is 35.2 Å². The maximum absolute atomic E-state index is 8.77. The Hall–Kier alpha value is 1.27. The Kier molecular flexibility index (Phi) is 13.6. The van der Waals surface area contributed by atoms with Gasteiger partial charge in [-0.15, -0.1) is 12.2 Å². The zero-order valence-corrected chi connectivity index (χ0v) is 12.9. The van der Waals surface area contributed by atoms with Crippen LogP contribution in [0.15, 0.2) is 0 Å². The Labute approximate surface area is 103 Å². The summed E-state index contributed by atoms with van der Waals surface area (Å²) in [6.07, 6.45) is 0. The van der Waals surface area contributed by atoms with Gasteiger partial charge in [0.15, 0.2) is 4.67 Å². The van der Waals surface area contributed by atoms with Gasteiger partial charge in [0, 0.05) is 0 Å². The molecule has 1 N–H and O–H groups in total. The van der Waals surface area contributed by atoms with Gasteiger partial charge in [-0.05, 0) is 37.2 Å². The zero-order valence-electron chi connectivity index (χ0n) is 9.43. The fraction of sp³-hybridized carbons (Fsp3) is 1.00. The van der Waals surface area contributed by atoms with Gasteiger partial charge < -0.3 is 9.79 Å². The molecule has 0 aromatic carbocycles. The van der Waals surface area contributed by atoms with Crippen molar-refractivity contribution in [3.63, 3.8) is 0 Å². The summed E-state index contributed by atoms with van der Waals surface area (Å²) in [4.78, 5) is 11.1. The van der Waals surface area contributed by atoms with E-state index < -0.39 is 4.67 Å². The molecule has 0 spiro atoms. The molecule has 0 heterocycles. The second-order valence-electron chi connectivity index (χ2n) is 2.53. The standard InChI is InChI=1S/C6H15N.C2H7OPS3/c1-4-7(5-2)6-3;1-2-7-4(3,5)6/h4-6H2,1-3H3;2H2,1H3,(H2,3,5,6). The SMILES string of the molecule is CCN(CC)CC.CCSP(O)(=S)S. The van der Waals surface area contributed by atoms with Crippen LogP contribution < -0.4 is 0 Å². The molecule has 0 aliphatic heterocycles. The largest absolute Gasteiger partial charge is 0.350 e. The predicted octanol–water partition coefficient (Wildman–Crippen LogP) is 3.23. The van der Waals surface area contributed by atoms with Crippen LogP contribution in [0.25, 0.3) is 0 Å². The Morgan fingerprint density at radius 3 is 1.57 bits per heavy atom. The van der Waals surface area contributed by atoms with Crippen molar-refractivity contribution >= 4 is 40.1 Å². The molecule has 0 saturated carbocycles. The monoisotopic (exact) mass is 275 g/mol. The molecule has 0 saturated heterocycles. The minimum absolute atomic E-state index is 0.845. The van der Waals surface area contributed by atoms with Gasteiger partial charge in [-0.3, -0.25) is 0 Å². The second kappa shape index (κ2) is 10.8. The molecule has 1 atom stereocenters. The van der Waals surface area contributed by atoms with Crippen LogP contribution >= 0.6 is 28.3 Å². The summed E-state index contributed by atoms with van der Waals surface area (Å²) in [7, 11) is 0. The van der Waals surface area contributed by atoms with E-state index in [1.807, 2.05) is 6.92 Å². The van der Waals surface area contributed by atoms with Crippen molar-refractivity contribution in [2.75, 3.05) is 25.4 Å². The summed E-state index contributed by atoms with van der Waals surface area (Å²) in [5.41, 5.74) is 0. The molecule has 88 valence electrons. The van der Waals surface area contributed by atoms with Crippen LogP contribution in [0.3, 0.4) is 0 Å². The Balaban J connectivity index is 0. The van der Waals surface area contributed by atoms with Crippen molar-refractivity contribution in [3.05, 3.63) is 0 Å². The average molecular weight is 275 g/mol. The van der Waals surface area contributed by atoms with E-state index in [9.17, 15) is 0 Å². The molecule has 6 heteroatoms. The van der Waals surface area contributed by atoms with E-state index in [4.69, 9.17) is 4.89 Å². The molecular formula is C8H22NOPS3. The molecule has 0 radical (unpaired) electrons. The summed E-state index contributed by atoms with van der Waals surface area (Å²) in [5.74, 6) is 0.845. The van der Waals surface area contributed by atoms with Gasteiger partial charge in [-0.2, -0.15) is 0 Å². The highest BCUT2D eigenvalue weighted by Crippen LogP contribution is 2.58. The third-order valence-corrected chi connectivity index (χ3v) is 6.01. The van der Waals surface area contributed by atoms with Crippen LogP contribution in [0.5, 0.6) is 0 Å². The lowest BCUT2D eigenvalue weighted by molar-refractivity contribution is 0.321. The quantitative estimate of drug-likeness (QED) is 0.594. The molecule has 0 rings (SSSR count). The van der Waals surface area contributed by atoms with E-state index in [1.54, 1.807) is 0 Å². The van der Waals surface area contributed by atoms with Crippen LogP contribution in [0.2, 0.25) is 0 Å². The van der Waals surface area contributed by atoms with Gasteiger partial charge in [0.2, 0.25) is 0 Å². The summed E-state index contributed by atoms with van der Waals surface area (Å²) < 4.78 is -2.22. The molecule has 1 unspecified atom stereocenters. The smallest absolute Gasteiger partial charge is 0.169 e. The highest BCUT2D eigenvalue weighted by atomic mass is 33.2. The highest BCUT2D eigenvalue weighted by Gasteiger charge is 2.01. The lowest BCUT2D eigenvalue weighted by atomic mass is 10.5. The van der Waals surface area contributed by atoms with Crippen LogP contribution in [-0.2, 0) is 11.8 Å². The first-order valence-electron chi connectivity index (χ1n) is 4.83. The van der Waals surface area contributed by atoms with Gasteiger partial charge in [0.1, 0.15) is 0 Å². The number of nitrogens with zero attached hydrogens (tertiary/aromatic N) is 1. The third kappa shape index (κ3) is 15.7. The second-order valence-corrected chi connectivity index (χ2v) is 12.3. The van der Waals surface area contributed by atoms with Gasteiger partial charge in [0.25, 0.3) is 0 Å². The number of rotatable bonds is 5. The maximum Gasteiger partial charge on any atom is 0.169 e. The van der Waals surface area contributed by atoms with Crippen LogP contribution in [0, 0.1) is 0 Å². The molecule has 0 aromatic rings.